The van der Waals surface area contributed by atoms with Crippen molar-refractivity contribution >= 4 is 23.7 Å². The Kier molecular flexibility index (Phi) is 6.29. The third-order valence-corrected chi connectivity index (χ3v) is 3.53. The number of hydrogen-bond donors (Lipinski definition) is 4. The quantitative estimate of drug-likeness (QED) is 0.432. The van der Waals surface area contributed by atoms with Gasteiger partial charge in [-0.2, -0.15) is 0 Å². The van der Waals surface area contributed by atoms with Crippen LogP contribution in [0.4, 0.5) is 0 Å². The van der Waals surface area contributed by atoms with Crippen LogP contribution in [0.15, 0.2) is 0 Å². The highest BCUT2D eigenvalue weighted by Gasteiger charge is 2.37. The lowest BCUT2D eigenvalue weighted by Crippen LogP contribution is -2.54. The molecule has 6 N–H and O–H groups in total. The summed E-state index contributed by atoms with van der Waals surface area (Å²) in [6, 6.07) is -2.74. The number of aliphatic carboxylic acids is 1. The minimum absolute atomic E-state index is 0.00939. The summed E-state index contributed by atoms with van der Waals surface area (Å²) in [4.78, 5) is 47.5. The normalized spacial score (nSPS) is 20.3. The number of nitrogens with two attached hydrogens (primary N) is 2. The molecule has 1 aliphatic heterocycles. The van der Waals surface area contributed by atoms with E-state index in [1.807, 2.05) is 0 Å². The second-order valence-electron chi connectivity index (χ2n) is 5.38. The Bertz CT molecular complexity index is 465. The number of nitrogens with one attached hydrogen (secondary N) is 1. The Hall–Kier alpha value is -2.16. The fourth-order valence-electron chi connectivity index (χ4n) is 2.33. The summed E-state index contributed by atoms with van der Waals surface area (Å²) in [6.45, 7) is 1.76. The van der Waals surface area contributed by atoms with Crippen molar-refractivity contribution in [2.75, 3.05) is 6.54 Å². The Balaban J connectivity index is 2.83. The molecule has 1 fully saturated rings. The fourth-order valence-corrected chi connectivity index (χ4v) is 2.33. The molecular weight excluding hydrogens is 292 g/mol. The van der Waals surface area contributed by atoms with Crippen molar-refractivity contribution in [3.8, 4) is 0 Å². The van der Waals surface area contributed by atoms with Gasteiger partial charge in [-0.15, -0.1) is 0 Å². The average molecular weight is 314 g/mol. The van der Waals surface area contributed by atoms with Crippen LogP contribution in [-0.2, 0) is 19.2 Å². The number of hydrogen-bond acceptors (Lipinski definition) is 5. The molecule has 3 atom stereocenters. The molecule has 0 saturated carbocycles. The van der Waals surface area contributed by atoms with Crippen LogP contribution in [0.2, 0.25) is 0 Å². The molecule has 1 rings (SSSR count). The molecule has 0 radical (unpaired) electrons. The number of nitrogens with zero attached hydrogens (tertiary/aromatic N) is 1. The zero-order valence-corrected chi connectivity index (χ0v) is 12.4. The number of likely N-dealkylation sites (tertiary alicyclic amines) is 1. The van der Waals surface area contributed by atoms with E-state index in [0.717, 1.165) is 0 Å². The summed E-state index contributed by atoms with van der Waals surface area (Å²) >= 11 is 0. The molecule has 0 aliphatic carbocycles. The predicted molar refractivity (Wildman–Crippen MR) is 76.4 cm³/mol. The van der Waals surface area contributed by atoms with Crippen LogP contribution in [-0.4, -0.2) is 58.4 Å². The molecular formula is C13H22N4O5. The molecule has 22 heavy (non-hydrogen) atoms. The van der Waals surface area contributed by atoms with Gasteiger partial charge >= 0.3 is 5.97 Å². The van der Waals surface area contributed by atoms with Crippen molar-refractivity contribution in [1.82, 2.24) is 10.2 Å². The van der Waals surface area contributed by atoms with Crippen molar-refractivity contribution in [2.24, 2.45) is 11.5 Å². The van der Waals surface area contributed by atoms with E-state index >= 15 is 0 Å². The minimum atomic E-state index is -1.09. The second-order valence-corrected chi connectivity index (χ2v) is 5.38. The van der Waals surface area contributed by atoms with Gasteiger partial charge in [0.25, 0.3) is 0 Å². The second kappa shape index (κ2) is 7.74. The maximum absolute atomic E-state index is 12.5. The van der Waals surface area contributed by atoms with Crippen molar-refractivity contribution in [3.63, 3.8) is 0 Å². The van der Waals surface area contributed by atoms with E-state index in [4.69, 9.17) is 16.6 Å². The first-order valence-corrected chi connectivity index (χ1v) is 7.11. The lowest BCUT2D eigenvalue weighted by Gasteiger charge is -2.27. The lowest BCUT2D eigenvalue weighted by atomic mass is 10.1. The first-order chi connectivity index (χ1) is 10.2. The van der Waals surface area contributed by atoms with E-state index in [0.29, 0.717) is 19.4 Å². The first-order valence-electron chi connectivity index (χ1n) is 7.11. The van der Waals surface area contributed by atoms with Gasteiger partial charge in [0.1, 0.15) is 12.1 Å². The molecule has 1 heterocycles. The smallest absolute Gasteiger partial charge is 0.326 e. The Labute approximate surface area is 128 Å². The number of primary amides is 1. The molecule has 0 aromatic rings. The van der Waals surface area contributed by atoms with Gasteiger partial charge in [0.15, 0.2) is 0 Å². The highest BCUT2D eigenvalue weighted by atomic mass is 16.4. The average Bonchev–Trinajstić information content (AvgIpc) is 2.91. The summed E-state index contributed by atoms with van der Waals surface area (Å²) < 4.78 is 0. The summed E-state index contributed by atoms with van der Waals surface area (Å²) in [5.74, 6) is -2.77. The Morgan fingerprint density at radius 2 is 2.00 bits per heavy atom. The number of carboxylic acid groups (broad SMARTS) is 1. The summed E-state index contributed by atoms with van der Waals surface area (Å²) in [7, 11) is 0. The number of carbonyl (C=O) groups excluding carboxylic acids is 3. The molecule has 124 valence electrons. The van der Waals surface area contributed by atoms with Gasteiger partial charge in [-0.3, -0.25) is 14.4 Å². The third-order valence-electron chi connectivity index (χ3n) is 3.53. The number of amides is 3. The van der Waals surface area contributed by atoms with Crippen LogP contribution in [0.1, 0.15) is 32.6 Å². The molecule has 1 saturated heterocycles. The number of carbonyl (C=O) groups is 4. The maximum atomic E-state index is 12.5. The first kappa shape index (κ1) is 17.9. The monoisotopic (exact) mass is 314 g/mol. The van der Waals surface area contributed by atoms with Crippen LogP contribution in [0.25, 0.3) is 0 Å². The molecule has 0 aromatic heterocycles. The van der Waals surface area contributed by atoms with Crippen LogP contribution >= 0.6 is 0 Å². The van der Waals surface area contributed by atoms with Gasteiger partial charge in [-0.25, -0.2) is 4.79 Å². The summed E-state index contributed by atoms with van der Waals surface area (Å²) in [5, 5.41) is 11.6. The number of carboxylic acids is 1. The van der Waals surface area contributed by atoms with E-state index in [2.05, 4.69) is 5.32 Å². The molecule has 0 spiro atoms. The van der Waals surface area contributed by atoms with E-state index < -0.39 is 41.8 Å². The molecule has 3 amide bonds. The Morgan fingerprint density at radius 1 is 1.36 bits per heavy atom. The van der Waals surface area contributed by atoms with E-state index in [1.54, 1.807) is 0 Å². The zero-order chi connectivity index (χ0) is 16.9. The summed E-state index contributed by atoms with van der Waals surface area (Å²) in [5.41, 5.74) is 10.5. The van der Waals surface area contributed by atoms with Gasteiger partial charge in [-0.05, 0) is 26.2 Å². The topological polar surface area (TPSA) is 156 Å². The van der Waals surface area contributed by atoms with Crippen LogP contribution < -0.4 is 16.8 Å². The van der Waals surface area contributed by atoms with Crippen molar-refractivity contribution in [2.45, 2.75) is 50.7 Å². The largest absolute Gasteiger partial charge is 0.480 e. The van der Waals surface area contributed by atoms with Gasteiger partial charge in [0, 0.05) is 13.0 Å². The highest BCUT2D eigenvalue weighted by Crippen LogP contribution is 2.19. The van der Waals surface area contributed by atoms with E-state index in [1.165, 1.54) is 11.8 Å². The molecule has 0 bridgehead atoms. The fraction of sp³-hybridized carbons (Fsp3) is 0.692. The van der Waals surface area contributed by atoms with Crippen molar-refractivity contribution < 1.29 is 24.3 Å². The summed E-state index contributed by atoms with van der Waals surface area (Å²) in [6.07, 6.45) is 0.855. The lowest BCUT2D eigenvalue weighted by molar-refractivity contribution is -0.149. The maximum Gasteiger partial charge on any atom is 0.326 e. The van der Waals surface area contributed by atoms with Crippen LogP contribution in [0.3, 0.4) is 0 Å². The van der Waals surface area contributed by atoms with Crippen molar-refractivity contribution in [1.29, 1.82) is 0 Å². The SMILES string of the molecule is C[C@H](N)C(=O)N[C@@H](CCC(N)=O)C(=O)N1CCC[C@H]1C(=O)O. The van der Waals surface area contributed by atoms with E-state index in [-0.39, 0.29) is 12.8 Å². The van der Waals surface area contributed by atoms with E-state index in [9.17, 15) is 19.2 Å². The van der Waals surface area contributed by atoms with Gasteiger partial charge in [-0.1, -0.05) is 0 Å². The molecule has 1 aliphatic rings. The molecule has 0 unspecified atom stereocenters. The molecule has 9 heteroatoms. The highest BCUT2D eigenvalue weighted by molar-refractivity contribution is 5.92. The molecule has 9 nitrogen and oxygen atoms in total. The van der Waals surface area contributed by atoms with Crippen molar-refractivity contribution in [3.05, 3.63) is 0 Å². The predicted octanol–water partition coefficient (Wildman–Crippen LogP) is -1.84. The Morgan fingerprint density at radius 3 is 2.50 bits per heavy atom. The third kappa shape index (κ3) is 4.69. The number of rotatable bonds is 7. The molecule has 0 aromatic carbocycles. The van der Waals surface area contributed by atoms with Crippen LogP contribution in [0.5, 0.6) is 0 Å². The van der Waals surface area contributed by atoms with Gasteiger partial charge < -0.3 is 26.8 Å². The minimum Gasteiger partial charge on any atom is -0.480 e. The zero-order valence-electron chi connectivity index (χ0n) is 12.4. The van der Waals surface area contributed by atoms with Gasteiger partial charge in [0.2, 0.25) is 17.7 Å². The van der Waals surface area contributed by atoms with Crippen LogP contribution in [0, 0.1) is 0 Å². The standard InChI is InChI=1S/C13H22N4O5/c1-7(14)11(19)16-8(4-5-10(15)18)12(20)17-6-2-3-9(17)13(21)22/h7-9H,2-6,14H2,1H3,(H2,15,18)(H,16,19)(H,21,22)/t7-,8-,9-/m0/s1. The van der Waals surface area contributed by atoms with Gasteiger partial charge in [0.05, 0.1) is 6.04 Å².